The third-order valence-electron chi connectivity index (χ3n) is 3.91. The van der Waals surface area contributed by atoms with Gasteiger partial charge in [-0.15, -0.1) is 5.10 Å². The van der Waals surface area contributed by atoms with E-state index in [0.29, 0.717) is 29.2 Å². The van der Waals surface area contributed by atoms with Gasteiger partial charge >= 0.3 is 5.97 Å². The zero-order valence-corrected chi connectivity index (χ0v) is 15.4. The SMILES string of the molecule is CCCn1nnnc1COC(=O)COc1ccc(C(=O)c2ccccc2)cc1. The molecule has 3 rings (SSSR count). The van der Waals surface area contributed by atoms with E-state index in [2.05, 4.69) is 15.5 Å². The Bertz CT molecular complexity index is 923. The number of nitrogens with zero attached hydrogens (tertiary/aromatic N) is 4. The van der Waals surface area contributed by atoms with E-state index in [1.807, 2.05) is 25.1 Å². The number of benzene rings is 2. The van der Waals surface area contributed by atoms with E-state index in [-0.39, 0.29) is 19.0 Å². The predicted octanol–water partition coefficient (Wildman–Crippen LogP) is 2.44. The normalized spacial score (nSPS) is 10.5. The van der Waals surface area contributed by atoms with Gasteiger partial charge < -0.3 is 9.47 Å². The molecule has 0 amide bonds. The largest absolute Gasteiger partial charge is 0.482 e. The Morgan fingerprint density at radius 3 is 2.43 bits per heavy atom. The number of carbonyl (C=O) groups is 2. The molecule has 0 saturated carbocycles. The van der Waals surface area contributed by atoms with Crippen molar-refractivity contribution < 1.29 is 19.1 Å². The molecule has 144 valence electrons. The number of esters is 1. The molecular formula is C20H20N4O4. The van der Waals surface area contributed by atoms with E-state index in [4.69, 9.17) is 9.47 Å². The maximum absolute atomic E-state index is 12.4. The maximum atomic E-state index is 12.4. The molecule has 0 atom stereocenters. The Morgan fingerprint density at radius 2 is 1.71 bits per heavy atom. The molecule has 0 fully saturated rings. The van der Waals surface area contributed by atoms with Crippen LogP contribution in [0.3, 0.4) is 0 Å². The highest BCUT2D eigenvalue weighted by Crippen LogP contribution is 2.15. The molecule has 1 heterocycles. The number of carbonyl (C=O) groups excluding carboxylic acids is 2. The summed E-state index contributed by atoms with van der Waals surface area (Å²) in [6, 6.07) is 15.6. The lowest BCUT2D eigenvalue weighted by Crippen LogP contribution is -2.16. The van der Waals surface area contributed by atoms with Crippen molar-refractivity contribution in [1.29, 1.82) is 0 Å². The van der Waals surface area contributed by atoms with Gasteiger partial charge in [-0.05, 0) is 41.1 Å². The summed E-state index contributed by atoms with van der Waals surface area (Å²) in [5.74, 6) is 0.350. The van der Waals surface area contributed by atoms with Crippen molar-refractivity contribution in [3.63, 3.8) is 0 Å². The Kier molecular flexibility index (Phi) is 6.46. The number of tetrazole rings is 1. The number of hydrogen-bond donors (Lipinski definition) is 0. The van der Waals surface area contributed by atoms with Gasteiger partial charge in [-0.1, -0.05) is 37.3 Å². The summed E-state index contributed by atoms with van der Waals surface area (Å²) in [6.07, 6.45) is 0.873. The van der Waals surface area contributed by atoms with Crippen molar-refractivity contribution >= 4 is 11.8 Å². The zero-order valence-electron chi connectivity index (χ0n) is 15.4. The minimum absolute atomic E-state index is 0.0142. The van der Waals surface area contributed by atoms with Gasteiger partial charge in [0.15, 0.2) is 24.8 Å². The van der Waals surface area contributed by atoms with Crippen molar-refractivity contribution in [3.8, 4) is 5.75 Å². The minimum Gasteiger partial charge on any atom is -0.482 e. The smallest absolute Gasteiger partial charge is 0.344 e. The Hall–Kier alpha value is -3.55. The Balaban J connectivity index is 1.48. The summed E-state index contributed by atoms with van der Waals surface area (Å²) in [5, 5.41) is 11.2. The van der Waals surface area contributed by atoms with Crippen LogP contribution < -0.4 is 4.74 Å². The second kappa shape index (κ2) is 9.40. The number of ketones is 1. The lowest BCUT2D eigenvalue weighted by atomic mass is 10.0. The first kappa shape index (κ1) is 19.2. The number of ether oxygens (including phenoxy) is 2. The summed E-state index contributed by atoms with van der Waals surface area (Å²) in [6.45, 7) is 2.40. The standard InChI is InChI=1S/C20H20N4O4/c1-2-12-24-18(21-22-23-24)13-28-19(25)14-27-17-10-8-16(9-11-17)20(26)15-6-4-3-5-7-15/h3-11H,2,12-14H2,1H3. The number of aromatic nitrogens is 4. The third-order valence-corrected chi connectivity index (χ3v) is 3.91. The molecule has 28 heavy (non-hydrogen) atoms. The number of aryl methyl sites for hydroxylation is 1. The lowest BCUT2D eigenvalue weighted by Gasteiger charge is -2.08. The van der Waals surface area contributed by atoms with E-state index in [1.165, 1.54) is 0 Å². The topological polar surface area (TPSA) is 96.2 Å². The molecule has 0 N–H and O–H groups in total. The summed E-state index contributed by atoms with van der Waals surface area (Å²) in [5.41, 5.74) is 1.16. The van der Waals surface area contributed by atoms with Crippen molar-refractivity contribution in [2.75, 3.05) is 6.61 Å². The van der Waals surface area contributed by atoms with Crippen molar-refractivity contribution in [2.45, 2.75) is 26.5 Å². The molecule has 0 unspecified atom stereocenters. The first-order valence-corrected chi connectivity index (χ1v) is 8.90. The van der Waals surface area contributed by atoms with Gasteiger partial charge in [-0.3, -0.25) is 4.79 Å². The Labute approximate surface area is 162 Å². The van der Waals surface area contributed by atoms with Gasteiger partial charge in [0.05, 0.1) is 0 Å². The second-order valence-electron chi connectivity index (χ2n) is 5.99. The van der Waals surface area contributed by atoms with Crippen LogP contribution in [0.1, 0.15) is 35.1 Å². The van der Waals surface area contributed by atoms with Crippen LogP contribution >= 0.6 is 0 Å². The van der Waals surface area contributed by atoms with E-state index in [1.54, 1.807) is 41.1 Å². The molecule has 0 bridgehead atoms. The van der Waals surface area contributed by atoms with Gasteiger partial charge in [0.2, 0.25) is 0 Å². The van der Waals surface area contributed by atoms with Crippen LogP contribution in [0.4, 0.5) is 0 Å². The summed E-state index contributed by atoms with van der Waals surface area (Å²) in [7, 11) is 0. The highest BCUT2D eigenvalue weighted by atomic mass is 16.6. The molecule has 0 spiro atoms. The fraction of sp³-hybridized carbons (Fsp3) is 0.250. The van der Waals surface area contributed by atoms with E-state index < -0.39 is 5.97 Å². The summed E-state index contributed by atoms with van der Waals surface area (Å²) >= 11 is 0. The molecule has 8 heteroatoms. The van der Waals surface area contributed by atoms with Crippen molar-refractivity contribution in [1.82, 2.24) is 20.2 Å². The fourth-order valence-corrected chi connectivity index (χ4v) is 2.50. The second-order valence-corrected chi connectivity index (χ2v) is 5.99. The lowest BCUT2D eigenvalue weighted by molar-refractivity contribution is -0.147. The molecule has 0 saturated heterocycles. The molecule has 0 aliphatic heterocycles. The highest BCUT2D eigenvalue weighted by molar-refractivity contribution is 6.08. The summed E-state index contributed by atoms with van der Waals surface area (Å²) in [4.78, 5) is 24.2. The molecule has 0 radical (unpaired) electrons. The number of hydrogen-bond acceptors (Lipinski definition) is 7. The van der Waals surface area contributed by atoms with Crippen LogP contribution in [0.5, 0.6) is 5.75 Å². The predicted molar refractivity (Wildman–Crippen MR) is 99.7 cm³/mol. The Morgan fingerprint density at radius 1 is 1.00 bits per heavy atom. The monoisotopic (exact) mass is 380 g/mol. The third kappa shape index (κ3) is 5.00. The van der Waals surface area contributed by atoms with Gasteiger partial charge in [0.1, 0.15) is 5.75 Å². The van der Waals surface area contributed by atoms with E-state index in [9.17, 15) is 9.59 Å². The number of rotatable bonds is 9. The first-order chi connectivity index (χ1) is 13.7. The minimum atomic E-state index is -0.532. The van der Waals surface area contributed by atoms with Gasteiger partial charge in [-0.25, -0.2) is 9.48 Å². The molecular weight excluding hydrogens is 360 g/mol. The first-order valence-electron chi connectivity index (χ1n) is 8.90. The van der Waals surface area contributed by atoms with Gasteiger partial charge in [0.25, 0.3) is 0 Å². The fourth-order valence-electron chi connectivity index (χ4n) is 2.50. The van der Waals surface area contributed by atoms with Crippen LogP contribution in [-0.2, 0) is 22.7 Å². The van der Waals surface area contributed by atoms with Crippen LogP contribution in [0.15, 0.2) is 54.6 Å². The summed E-state index contributed by atoms with van der Waals surface area (Å²) < 4.78 is 12.1. The van der Waals surface area contributed by atoms with E-state index in [0.717, 1.165) is 6.42 Å². The molecule has 8 nitrogen and oxygen atoms in total. The highest BCUT2D eigenvalue weighted by Gasteiger charge is 2.11. The van der Waals surface area contributed by atoms with E-state index >= 15 is 0 Å². The van der Waals surface area contributed by atoms with Gasteiger partial charge in [0, 0.05) is 17.7 Å². The molecule has 0 aliphatic rings. The average Bonchev–Trinajstić information content (AvgIpc) is 3.18. The van der Waals surface area contributed by atoms with Crippen LogP contribution in [0.2, 0.25) is 0 Å². The maximum Gasteiger partial charge on any atom is 0.344 e. The molecule has 1 aromatic heterocycles. The van der Waals surface area contributed by atoms with Crippen molar-refractivity contribution in [3.05, 3.63) is 71.5 Å². The molecule has 0 aliphatic carbocycles. The van der Waals surface area contributed by atoms with Gasteiger partial charge in [-0.2, -0.15) is 0 Å². The zero-order chi connectivity index (χ0) is 19.8. The average molecular weight is 380 g/mol. The molecule has 2 aromatic carbocycles. The van der Waals surface area contributed by atoms with Crippen LogP contribution in [-0.4, -0.2) is 38.6 Å². The van der Waals surface area contributed by atoms with Crippen LogP contribution in [0.25, 0.3) is 0 Å². The van der Waals surface area contributed by atoms with Crippen LogP contribution in [0, 0.1) is 0 Å². The molecule has 3 aromatic rings. The van der Waals surface area contributed by atoms with Crippen molar-refractivity contribution in [2.24, 2.45) is 0 Å². The quantitative estimate of drug-likeness (QED) is 0.415.